The van der Waals surface area contributed by atoms with Crippen molar-refractivity contribution in [2.75, 3.05) is 24.2 Å². The summed E-state index contributed by atoms with van der Waals surface area (Å²) in [5.41, 5.74) is 0. The van der Waals surface area contributed by atoms with Crippen LogP contribution in [0.1, 0.15) is 18.6 Å². The summed E-state index contributed by atoms with van der Waals surface area (Å²) >= 11 is 2.81. The smallest absolute Gasteiger partial charge is 0.230 e. The number of nitrogens with one attached hydrogen (secondary N) is 2. The van der Waals surface area contributed by atoms with E-state index in [0.29, 0.717) is 24.0 Å². The summed E-state index contributed by atoms with van der Waals surface area (Å²) in [5, 5.41) is 14.8. The first-order valence-electron chi connectivity index (χ1n) is 7.40. The maximum atomic E-state index is 11.8. The topological polar surface area (TPSA) is 89.3 Å². The van der Waals surface area contributed by atoms with Gasteiger partial charge in [-0.05, 0) is 25.0 Å². The second kappa shape index (κ2) is 8.32. The number of hydrogen-bond donors (Lipinski definition) is 2. The fraction of sp³-hybridized carbons (Fsp3) is 0.500. The summed E-state index contributed by atoms with van der Waals surface area (Å²) in [4.78, 5) is 11.8. The lowest BCUT2D eigenvalue weighted by Gasteiger charge is -2.09. The van der Waals surface area contributed by atoms with Gasteiger partial charge in [-0.15, -0.1) is 10.2 Å². The molecule has 9 heteroatoms. The van der Waals surface area contributed by atoms with Crippen molar-refractivity contribution in [2.45, 2.75) is 29.8 Å². The number of thioether (sulfide) groups is 1. The summed E-state index contributed by atoms with van der Waals surface area (Å²) < 4.78 is 11.5. The quantitative estimate of drug-likeness (QED) is 0.702. The Morgan fingerprint density at radius 3 is 3.22 bits per heavy atom. The Hall–Kier alpha value is -1.58. The van der Waals surface area contributed by atoms with Gasteiger partial charge in [0.05, 0.1) is 24.7 Å². The van der Waals surface area contributed by atoms with Crippen LogP contribution >= 0.6 is 23.1 Å². The molecule has 124 valence electrons. The van der Waals surface area contributed by atoms with Crippen LogP contribution in [0.4, 0.5) is 5.13 Å². The molecule has 2 N–H and O–H groups in total. The second-order valence-corrected chi connectivity index (χ2v) is 7.23. The van der Waals surface area contributed by atoms with Gasteiger partial charge in [-0.2, -0.15) is 0 Å². The van der Waals surface area contributed by atoms with E-state index >= 15 is 0 Å². The van der Waals surface area contributed by atoms with E-state index in [1.165, 1.54) is 23.1 Å². The minimum absolute atomic E-state index is 0.00852. The molecule has 0 saturated carbocycles. The van der Waals surface area contributed by atoms with Gasteiger partial charge in [-0.1, -0.05) is 23.1 Å². The number of amides is 1. The van der Waals surface area contributed by atoms with Crippen molar-refractivity contribution in [3.05, 3.63) is 24.2 Å². The second-order valence-electron chi connectivity index (χ2n) is 5.03. The molecule has 1 aliphatic rings. The number of anilines is 1. The lowest BCUT2D eigenvalue weighted by atomic mass is 10.2. The van der Waals surface area contributed by atoms with E-state index in [2.05, 4.69) is 20.8 Å². The van der Waals surface area contributed by atoms with Crippen molar-refractivity contribution in [1.29, 1.82) is 0 Å². The standard InChI is InChI=1S/C14H18N4O3S2/c19-12(15-7-10-3-1-5-20-10)9-22-14-18-17-13(23-14)16-8-11-4-2-6-21-11/h2,4,6,10H,1,3,5,7-9H2,(H,15,19)(H,16,17)/t10-/m1/s1. The Kier molecular flexibility index (Phi) is 5.89. The molecule has 3 rings (SSSR count). The fourth-order valence-corrected chi connectivity index (χ4v) is 3.70. The van der Waals surface area contributed by atoms with Crippen molar-refractivity contribution < 1.29 is 13.9 Å². The van der Waals surface area contributed by atoms with Gasteiger partial charge in [0, 0.05) is 13.2 Å². The van der Waals surface area contributed by atoms with Gasteiger partial charge in [0.25, 0.3) is 0 Å². The van der Waals surface area contributed by atoms with Crippen molar-refractivity contribution >= 4 is 34.1 Å². The molecular formula is C14H18N4O3S2. The Balaban J connectivity index is 1.35. The lowest BCUT2D eigenvalue weighted by molar-refractivity contribution is -0.119. The van der Waals surface area contributed by atoms with E-state index in [4.69, 9.17) is 9.15 Å². The molecule has 0 aromatic carbocycles. The summed E-state index contributed by atoms with van der Waals surface area (Å²) in [6, 6.07) is 3.73. The van der Waals surface area contributed by atoms with Gasteiger partial charge in [-0.25, -0.2) is 0 Å². The SMILES string of the molecule is O=C(CSc1nnc(NCc2ccco2)s1)NC[C@H]1CCCO1. The summed E-state index contributed by atoms with van der Waals surface area (Å²) in [5.74, 6) is 1.16. The number of nitrogens with zero attached hydrogens (tertiary/aromatic N) is 2. The van der Waals surface area contributed by atoms with E-state index in [1.807, 2.05) is 12.1 Å². The van der Waals surface area contributed by atoms with Crippen molar-refractivity contribution in [3.63, 3.8) is 0 Å². The first kappa shape index (κ1) is 16.3. The molecular weight excluding hydrogens is 336 g/mol. The van der Waals surface area contributed by atoms with Crippen LogP contribution in [0.15, 0.2) is 27.2 Å². The third-order valence-electron chi connectivity index (χ3n) is 3.28. The molecule has 0 bridgehead atoms. The molecule has 1 fully saturated rings. The Morgan fingerprint density at radius 1 is 1.48 bits per heavy atom. The summed E-state index contributed by atoms with van der Waals surface area (Å²) in [6.45, 7) is 1.95. The van der Waals surface area contributed by atoms with Crippen LogP contribution in [0.5, 0.6) is 0 Å². The van der Waals surface area contributed by atoms with Gasteiger partial charge >= 0.3 is 0 Å². The normalized spacial score (nSPS) is 17.3. The zero-order valence-electron chi connectivity index (χ0n) is 12.5. The Bertz CT molecular complexity index is 611. The minimum Gasteiger partial charge on any atom is -0.467 e. The number of hydrogen-bond acceptors (Lipinski definition) is 8. The molecule has 0 spiro atoms. The monoisotopic (exact) mass is 354 g/mol. The van der Waals surface area contributed by atoms with E-state index < -0.39 is 0 Å². The Labute approximate surface area is 142 Å². The molecule has 1 atom stereocenters. The van der Waals surface area contributed by atoms with Crippen LogP contribution in [-0.4, -0.2) is 41.1 Å². The number of carbonyl (C=O) groups excluding carboxylic acids is 1. The first-order valence-corrected chi connectivity index (χ1v) is 9.20. The average Bonchev–Trinajstić information content (AvgIpc) is 3.31. The molecule has 23 heavy (non-hydrogen) atoms. The molecule has 0 unspecified atom stereocenters. The van der Waals surface area contributed by atoms with Gasteiger partial charge in [0.2, 0.25) is 11.0 Å². The van der Waals surface area contributed by atoms with Crippen LogP contribution in [0.3, 0.4) is 0 Å². The molecule has 1 amide bonds. The summed E-state index contributed by atoms with van der Waals surface area (Å²) in [7, 11) is 0. The number of carbonyl (C=O) groups is 1. The van der Waals surface area contributed by atoms with E-state index in [9.17, 15) is 4.79 Å². The van der Waals surface area contributed by atoms with Crippen molar-refractivity contribution in [2.24, 2.45) is 0 Å². The molecule has 1 saturated heterocycles. The third-order valence-corrected chi connectivity index (χ3v) is 5.29. The van der Waals surface area contributed by atoms with Crippen LogP contribution in [-0.2, 0) is 16.1 Å². The van der Waals surface area contributed by atoms with Gasteiger partial charge in [-0.3, -0.25) is 4.79 Å². The number of furan rings is 1. The van der Waals surface area contributed by atoms with E-state index in [1.54, 1.807) is 6.26 Å². The average molecular weight is 354 g/mol. The minimum atomic E-state index is -0.00852. The molecule has 7 nitrogen and oxygen atoms in total. The molecule has 0 radical (unpaired) electrons. The highest BCUT2D eigenvalue weighted by Crippen LogP contribution is 2.25. The number of ether oxygens (including phenoxy) is 1. The van der Waals surface area contributed by atoms with Gasteiger partial charge < -0.3 is 19.8 Å². The Morgan fingerprint density at radius 2 is 2.43 bits per heavy atom. The van der Waals surface area contributed by atoms with Crippen LogP contribution < -0.4 is 10.6 Å². The first-order chi connectivity index (χ1) is 11.3. The molecule has 1 aliphatic heterocycles. The van der Waals surface area contributed by atoms with Crippen molar-refractivity contribution in [3.8, 4) is 0 Å². The summed E-state index contributed by atoms with van der Waals surface area (Å²) in [6.07, 6.45) is 3.90. The molecule has 3 heterocycles. The largest absolute Gasteiger partial charge is 0.467 e. The van der Waals surface area contributed by atoms with E-state index in [0.717, 1.165) is 29.5 Å². The fourth-order valence-electron chi connectivity index (χ4n) is 2.13. The zero-order valence-corrected chi connectivity index (χ0v) is 14.1. The van der Waals surface area contributed by atoms with Gasteiger partial charge in [0.1, 0.15) is 5.76 Å². The van der Waals surface area contributed by atoms with Crippen LogP contribution in [0.25, 0.3) is 0 Å². The highest BCUT2D eigenvalue weighted by atomic mass is 32.2. The number of aromatic nitrogens is 2. The van der Waals surface area contributed by atoms with Crippen LogP contribution in [0, 0.1) is 0 Å². The van der Waals surface area contributed by atoms with E-state index in [-0.39, 0.29) is 12.0 Å². The molecule has 2 aromatic heterocycles. The maximum absolute atomic E-state index is 11.8. The molecule has 2 aromatic rings. The lowest BCUT2D eigenvalue weighted by Crippen LogP contribution is -2.32. The van der Waals surface area contributed by atoms with Gasteiger partial charge in [0.15, 0.2) is 4.34 Å². The van der Waals surface area contributed by atoms with Crippen LogP contribution in [0.2, 0.25) is 0 Å². The maximum Gasteiger partial charge on any atom is 0.230 e. The zero-order chi connectivity index (χ0) is 15.9. The highest BCUT2D eigenvalue weighted by Gasteiger charge is 2.16. The predicted molar refractivity (Wildman–Crippen MR) is 88.7 cm³/mol. The molecule has 0 aliphatic carbocycles. The van der Waals surface area contributed by atoms with Crippen molar-refractivity contribution in [1.82, 2.24) is 15.5 Å². The highest BCUT2D eigenvalue weighted by molar-refractivity contribution is 8.01. The predicted octanol–water partition coefficient (Wildman–Crippen LogP) is 2.13. The number of rotatable bonds is 8. The third kappa shape index (κ3) is 5.22.